The molecule has 0 bridgehead atoms. The molecule has 0 amide bonds. The maximum absolute atomic E-state index is 3.52. The van der Waals surface area contributed by atoms with Gasteiger partial charge >= 0.3 is 0 Å². The van der Waals surface area contributed by atoms with Gasteiger partial charge in [0.05, 0.1) is 0 Å². The van der Waals surface area contributed by atoms with E-state index in [1.807, 2.05) is 0 Å². The standard InChI is InChI=1S/C15H33N3/c1-5-8-16-11-14(2)12-18(4)13-15-6-9-17(3)10-7-15/h14-16H,5-13H2,1-4H3. The molecule has 3 heteroatoms. The van der Waals surface area contributed by atoms with Crippen molar-refractivity contribution in [2.24, 2.45) is 11.8 Å². The molecule has 0 aromatic carbocycles. The number of piperidine rings is 1. The van der Waals surface area contributed by atoms with Crippen LogP contribution < -0.4 is 5.32 Å². The molecule has 1 aliphatic heterocycles. The highest BCUT2D eigenvalue weighted by Gasteiger charge is 2.18. The second-order valence-electron chi connectivity index (χ2n) is 6.28. The van der Waals surface area contributed by atoms with Gasteiger partial charge in [-0.1, -0.05) is 13.8 Å². The van der Waals surface area contributed by atoms with Crippen LogP contribution in [-0.4, -0.2) is 63.2 Å². The van der Waals surface area contributed by atoms with E-state index in [2.05, 4.69) is 43.1 Å². The van der Waals surface area contributed by atoms with E-state index >= 15 is 0 Å². The molecule has 1 atom stereocenters. The zero-order valence-corrected chi connectivity index (χ0v) is 12.9. The lowest BCUT2D eigenvalue weighted by atomic mass is 9.96. The summed E-state index contributed by atoms with van der Waals surface area (Å²) in [6, 6.07) is 0. The van der Waals surface area contributed by atoms with Gasteiger partial charge in [-0.15, -0.1) is 0 Å². The second-order valence-corrected chi connectivity index (χ2v) is 6.28. The maximum Gasteiger partial charge on any atom is 0.00162 e. The van der Waals surface area contributed by atoms with Crippen molar-refractivity contribution < 1.29 is 0 Å². The van der Waals surface area contributed by atoms with Crippen LogP contribution in [0.5, 0.6) is 0 Å². The monoisotopic (exact) mass is 255 g/mol. The summed E-state index contributed by atoms with van der Waals surface area (Å²) in [4.78, 5) is 4.99. The van der Waals surface area contributed by atoms with Crippen LogP contribution in [0.3, 0.4) is 0 Å². The average molecular weight is 255 g/mol. The van der Waals surface area contributed by atoms with Crippen LogP contribution >= 0.6 is 0 Å². The summed E-state index contributed by atoms with van der Waals surface area (Å²) in [6.45, 7) is 12.0. The number of likely N-dealkylation sites (tertiary alicyclic amines) is 1. The Kier molecular flexibility index (Phi) is 7.87. The minimum absolute atomic E-state index is 0.757. The Bertz CT molecular complexity index is 200. The van der Waals surface area contributed by atoms with E-state index in [1.165, 1.54) is 45.4 Å². The summed E-state index contributed by atoms with van der Waals surface area (Å²) in [5, 5.41) is 3.52. The first-order valence-corrected chi connectivity index (χ1v) is 7.69. The Morgan fingerprint density at radius 1 is 1.33 bits per heavy atom. The van der Waals surface area contributed by atoms with Gasteiger partial charge in [0.2, 0.25) is 0 Å². The molecule has 108 valence electrons. The SMILES string of the molecule is CCCNCC(C)CN(C)CC1CCN(C)CC1. The number of nitrogens with zero attached hydrogens (tertiary/aromatic N) is 2. The van der Waals surface area contributed by atoms with E-state index in [1.54, 1.807) is 0 Å². The highest BCUT2D eigenvalue weighted by Crippen LogP contribution is 2.17. The van der Waals surface area contributed by atoms with Crippen molar-refractivity contribution in [2.75, 3.05) is 53.4 Å². The van der Waals surface area contributed by atoms with Crippen LogP contribution in [0.1, 0.15) is 33.1 Å². The summed E-state index contributed by atoms with van der Waals surface area (Å²) >= 11 is 0. The fourth-order valence-electron chi connectivity index (χ4n) is 2.88. The molecule has 0 saturated carbocycles. The minimum Gasteiger partial charge on any atom is -0.316 e. The molecule has 1 unspecified atom stereocenters. The third kappa shape index (κ3) is 6.72. The predicted molar refractivity (Wildman–Crippen MR) is 80.0 cm³/mol. The predicted octanol–water partition coefficient (Wildman–Crippen LogP) is 1.90. The summed E-state index contributed by atoms with van der Waals surface area (Å²) in [5.74, 6) is 1.68. The van der Waals surface area contributed by atoms with Crippen molar-refractivity contribution in [1.29, 1.82) is 0 Å². The van der Waals surface area contributed by atoms with Gasteiger partial charge in [0.15, 0.2) is 0 Å². The summed E-state index contributed by atoms with van der Waals surface area (Å²) in [6.07, 6.45) is 3.99. The van der Waals surface area contributed by atoms with Crippen LogP contribution in [0.2, 0.25) is 0 Å². The molecule has 0 aromatic heterocycles. The van der Waals surface area contributed by atoms with Gasteiger partial charge in [-0.2, -0.15) is 0 Å². The molecule has 0 radical (unpaired) electrons. The van der Waals surface area contributed by atoms with Gasteiger partial charge in [-0.25, -0.2) is 0 Å². The van der Waals surface area contributed by atoms with Crippen molar-refractivity contribution in [3.8, 4) is 0 Å². The average Bonchev–Trinajstić information content (AvgIpc) is 2.32. The fourth-order valence-corrected chi connectivity index (χ4v) is 2.88. The summed E-state index contributed by atoms with van der Waals surface area (Å²) in [5.41, 5.74) is 0. The zero-order chi connectivity index (χ0) is 13.4. The van der Waals surface area contributed by atoms with E-state index in [0.717, 1.165) is 24.9 Å². The topological polar surface area (TPSA) is 18.5 Å². The van der Waals surface area contributed by atoms with Crippen molar-refractivity contribution in [3.05, 3.63) is 0 Å². The molecule has 1 heterocycles. The first kappa shape index (κ1) is 15.9. The number of nitrogens with one attached hydrogen (secondary N) is 1. The van der Waals surface area contributed by atoms with Crippen LogP contribution in [0.25, 0.3) is 0 Å². The lowest BCUT2D eigenvalue weighted by Gasteiger charge is -2.32. The number of rotatable bonds is 8. The van der Waals surface area contributed by atoms with Crippen molar-refractivity contribution in [2.45, 2.75) is 33.1 Å². The van der Waals surface area contributed by atoms with Crippen LogP contribution in [0.4, 0.5) is 0 Å². The largest absolute Gasteiger partial charge is 0.316 e. The lowest BCUT2D eigenvalue weighted by molar-refractivity contribution is 0.167. The quantitative estimate of drug-likeness (QED) is 0.668. The first-order chi connectivity index (χ1) is 8.61. The molecule has 1 N–H and O–H groups in total. The molecule has 0 spiro atoms. The Labute approximate surface area is 114 Å². The van der Waals surface area contributed by atoms with E-state index < -0.39 is 0 Å². The van der Waals surface area contributed by atoms with Crippen molar-refractivity contribution in [1.82, 2.24) is 15.1 Å². The Morgan fingerprint density at radius 3 is 2.61 bits per heavy atom. The smallest absolute Gasteiger partial charge is 0.00162 e. The van der Waals surface area contributed by atoms with Crippen LogP contribution in [0, 0.1) is 11.8 Å². The maximum atomic E-state index is 3.52. The second kappa shape index (κ2) is 8.89. The minimum atomic E-state index is 0.757. The van der Waals surface area contributed by atoms with Gasteiger partial charge in [0.25, 0.3) is 0 Å². The Balaban J connectivity index is 2.10. The van der Waals surface area contributed by atoms with Crippen molar-refractivity contribution >= 4 is 0 Å². The number of hydrogen-bond donors (Lipinski definition) is 1. The molecule has 1 saturated heterocycles. The van der Waals surface area contributed by atoms with Gasteiger partial charge < -0.3 is 15.1 Å². The van der Waals surface area contributed by atoms with Gasteiger partial charge in [-0.05, 0) is 71.4 Å². The zero-order valence-electron chi connectivity index (χ0n) is 12.9. The van der Waals surface area contributed by atoms with E-state index in [-0.39, 0.29) is 0 Å². The molecule has 1 aliphatic rings. The Hall–Kier alpha value is -0.120. The first-order valence-electron chi connectivity index (χ1n) is 7.69. The highest BCUT2D eigenvalue weighted by atomic mass is 15.1. The molecule has 0 aromatic rings. The third-order valence-corrected chi connectivity index (χ3v) is 3.95. The van der Waals surface area contributed by atoms with E-state index in [9.17, 15) is 0 Å². The van der Waals surface area contributed by atoms with Gasteiger partial charge in [-0.3, -0.25) is 0 Å². The molecular formula is C15H33N3. The third-order valence-electron chi connectivity index (χ3n) is 3.95. The highest BCUT2D eigenvalue weighted by molar-refractivity contribution is 4.73. The fraction of sp³-hybridized carbons (Fsp3) is 1.00. The molecule has 1 fully saturated rings. The normalized spacial score (nSPS) is 20.5. The van der Waals surface area contributed by atoms with Crippen LogP contribution in [-0.2, 0) is 0 Å². The Morgan fingerprint density at radius 2 is 2.00 bits per heavy atom. The van der Waals surface area contributed by atoms with Gasteiger partial charge in [0, 0.05) is 13.1 Å². The molecule has 1 rings (SSSR count). The molecule has 18 heavy (non-hydrogen) atoms. The van der Waals surface area contributed by atoms with E-state index in [0.29, 0.717) is 0 Å². The lowest BCUT2D eigenvalue weighted by Crippen LogP contribution is -2.38. The molecule has 0 aliphatic carbocycles. The van der Waals surface area contributed by atoms with Crippen LogP contribution in [0.15, 0.2) is 0 Å². The number of hydrogen-bond acceptors (Lipinski definition) is 3. The summed E-state index contributed by atoms with van der Waals surface area (Å²) in [7, 11) is 4.52. The summed E-state index contributed by atoms with van der Waals surface area (Å²) < 4.78 is 0. The van der Waals surface area contributed by atoms with E-state index in [4.69, 9.17) is 0 Å². The molecule has 3 nitrogen and oxygen atoms in total. The van der Waals surface area contributed by atoms with Crippen molar-refractivity contribution in [3.63, 3.8) is 0 Å². The van der Waals surface area contributed by atoms with Gasteiger partial charge in [0.1, 0.15) is 0 Å². The molecular weight excluding hydrogens is 222 g/mol.